The second-order valence-corrected chi connectivity index (χ2v) is 9.57. The van der Waals surface area contributed by atoms with Crippen LogP contribution in [-0.4, -0.2) is 44.8 Å². The summed E-state index contributed by atoms with van der Waals surface area (Å²) >= 11 is 0. The predicted molar refractivity (Wildman–Crippen MR) is 145 cm³/mol. The van der Waals surface area contributed by atoms with Crippen molar-refractivity contribution in [2.45, 2.75) is 72.5 Å². The predicted octanol–water partition coefficient (Wildman–Crippen LogP) is 6.14. The number of aliphatic imine (C=N–C) groups is 1. The van der Waals surface area contributed by atoms with Gasteiger partial charge in [0.2, 0.25) is 0 Å². The maximum absolute atomic E-state index is 4.35. The van der Waals surface area contributed by atoms with Crippen molar-refractivity contribution in [1.82, 2.24) is 38.6 Å². The van der Waals surface area contributed by atoms with E-state index in [-0.39, 0.29) is 0 Å². The second kappa shape index (κ2) is 11.2. The van der Waals surface area contributed by atoms with E-state index in [1.54, 1.807) is 12.4 Å². The Labute approximate surface area is 212 Å². The number of fused-ring (bicyclic) bond motifs is 3. The lowest BCUT2D eigenvalue weighted by Crippen LogP contribution is -2.00. The maximum atomic E-state index is 4.35. The van der Waals surface area contributed by atoms with Gasteiger partial charge in [0.1, 0.15) is 5.52 Å². The Morgan fingerprint density at radius 3 is 2.17 bits per heavy atom. The van der Waals surface area contributed by atoms with E-state index >= 15 is 0 Å². The first-order chi connectivity index (χ1) is 17.4. The van der Waals surface area contributed by atoms with Gasteiger partial charge < -0.3 is 13.7 Å². The van der Waals surface area contributed by atoms with Crippen LogP contribution in [0.25, 0.3) is 22.2 Å². The number of aromatic nitrogens is 8. The van der Waals surface area contributed by atoms with Crippen molar-refractivity contribution in [3.8, 4) is 0 Å². The first-order valence-corrected chi connectivity index (χ1v) is 12.5. The van der Waals surface area contributed by atoms with Crippen LogP contribution in [0.2, 0.25) is 0 Å². The highest BCUT2D eigenvalue weighted by molar-refractivity contribution is 5.73. The van der Waals surface area contributed by atoms with Crippen molar-refractivity contribution in [1.29, 1.82) is 0 Å². The van der Waals surface area contributed by atoms with Crippen molar-refractivity contribution in [2.24, 2.45) is 4.99 Å². The highest BCUT2D eigenvalue weighted by atomic mass is 15.2. The van der Waals surface area contributed by atoms with E-state index in [2.05, 4.69) is 85.2 Å². The summed E-state index contributed by atoms with van der Waals surface area (Å²) in [5.74, 6) is 1.05. The number of imidazole rings is 3. The standard InChI is InChI=1S/C9H11N3.C9H13N3.C9H11N3/c1-7(2)12-6-11-8-3-4-10-5-9(8)12;2*1-7(2)12-6-11-8-4-3-5-10-9(8)12/h3-7H,1-2H3;5-7H,3-4H2,1-2H3;3-7H,1-2H3. The van der Waals surface area contributed by atoms with Crippen LogP contribution < -0.4 is 0 Å². The fourth-order valence-corrected chi connectivity index (χ4v) is 3.97. The fraction of sp³-hybridized carbons (Fsp3) is 0.407. The Hall–Kier alpha value is -3.88. The van der Waals surface area contributed by atoms with Crippen LogP contribution in [0.4, 0.5) is 5.82 Å². The van der Waals surface area contributed by atoms with Gasteiger partial charge in [0.25, 0.3) is 0 Å². The zero-order valence-electron chi connectivity index (χ0n) is 21.9. The molecule has 1 aliphatic rings. The Kier molecular flexibility index (Phi) is 7.87. The first kappa shape index (κ1) is 25.2. The minimum absolute atomic E-state index is 0.421. The monoisotopic (exact) mass is 485 g/mol. The third-order valence-electron chi connectivity index (χ3n) is 5.94. The molecule has 188 valence electrons. The SMILES string of the molecule is CC(C)n1cnc2c1N=CCC2.CC(C)n1cnc2cccnc21.CC(C)n1cnc2ccncc21. The largest absolute Gasteiger partial charge is 0.327 e. The molecule has 0 unspecified atom stereocenters. The van der Waals surface area contributed by atoms with Crippen molar-refractivity contribution in [3.05, 3.63) is 61.5 Å². The molecule has 0 saturated carbocycles. The number of nitrogens with zero attached hydrogens (tertiary/aromatic N) is 9. The smallest absolute Gasteiger partial charge is 0.160 e. The molecule has 0 aliphatic carbocycles. The van der Waals surface area contributed by atoms with E-state index < -0.39 is 0 Å². The number of aryl methyl sites for hydroxylation is 1. The molecule has 9 nitrogen and oxygen atoms in total. The van der Waals surface area contributed by atoms with Crippen molar-refractivity contribution < 1.29 is 0 Å². The molecule has 0 fully saturated rings. The van der Waals surface area contributed by atoms with E-state index in [0.29, 0.717) is 18.1 Å². The zero-order valence-corrected chi connectivity index (χ0v) is 21.9. The summed E-state index contributed by atoms with van der Waals surface area (Å²) < 4.78 is 6.29. The van der Waals surface area contributed by atoms with Gasteiger partial charge in [-0.25, -0.2) is 24.9 Å². The molecule has 0 atom stereocenters. The van der Waals surface area contributed by atoms with Crippen LogP contribution >= 0.6 is 0 Å². The van der Waals surface area contributed by atoms with Crippen LogP contribution in [0.5, 0.6) is 0 Å². The summed E-state index contributed by atoms with van der Waals surface area (Å²) in [6.45, 7) is 12.8. The number of hydrogen-bond acceptors (Lipinski definition) is 6. The van der Waals surface area contributed by atoms with E-state index in [0.717, 1.165) is 46.6 Å². The molecular formula is C27H35N9. The first-order valence-electron chi connectivity index (χ1n) is 12.5. The van der Waals surface area contributed by atoms with Gasteiger partial charge in [0, 0.05) is 36.7 Å². The van der Waals surface area contributed by atoms with E-state index in [1.807, 2.05) is 49.6 Å². The Bertz CT molecular complexity index is 1360. The maximum Gasteiger partial charge on any atom is 0.160 e. The number of pyridine rings is 2. The Morgan fingerprint density at radius 1 is 0.722 bits per heavy atom. The molecule has 0 spiro atoms. The average Bonchev–Trinajstić information content (AvgIpc) is 3.61. The van der Waals surface area contributed by atoms with Gasteiger partial charge in [-0.3, -0.25) is 4.98 Å². The van der Waals surface area contributed by atoms with Crippen LogP contribution in [-0.2, 0) is 6.42 Å². The quantitative estimate of drug-likeness (QED) is 0.306. The van der Waals surface area contributed by atoms with Crippen LogP contribution in [0.15, 0.2) is 60.8 Å². The molecule has 6 heterocycles. The average molecular weight is 486 g/mol. The van der Waals surface area contributed by atoms with Crippen LogP contribution in [0.3, 0.4) is 0 Å². The van der Waals surface area contributed by atoms with Gasteiger partial charge in [-0.1, -0.05) is 0 Å². The zero-order chi connectivity index (χ0) is 25.7. The van der Waals surface area contributed by atoms with Gasteiger partial charge >= 0.3 is 0 Å². The fourth-order valence-electron chi connectivity index (χ4n) is 3.97. The lowest BCUT2D eigenvalue weighted by Gasteiger charge is -2.11. The summed E-state index contributed by atoms with van der Waals surface area (Å²) in [6, 6.07) is 7.12. The molecular weight excluding hydrogens is 450 g/mol. The summed E-state index contributed by atoms with van der Waals surface area (Å²) in [7, 11) is 0. The summed E-state index contributed by atoms with van der Waals surface area (Å²) in [6.07, 6.45) is 15.0. The number of hydrogen-bond donors (Lipinski definition) is 0. The highest BCUT2D eigenvalue weighted by Crippen LogP contribution is 2.25. The number of rotatable bonds is 3. The molecule has 36 heavy (non-hydrogen) atoms. The van der Waals surface area contributed by atoms with Crippen molar-refractivity contribution in [2.75, 3.05) is 0 Å². The van der Waals surface area contributed by atoms with Gasteiger partial charge in [0.05, 0.1) is 41.9 Å². The van der Waals surface area contributed by atoms with Gasteiger partial charge in [-0.05, 0) is 72.6 Å². The molecule has 0 aromatic carbocycles. The van der Waals surface area contributed by atoms with Crippen molar-refractivity contribution >= 4 is 34.2 Å². The third kappa shape index (κ3) is 5.50. The molecule has 0 amide bonds. The molecule has 0 N–H and O–H groups in total. The minimum atomic E-state index is 0.421. The third-order valence-corrected chi connectivity index (χ3v) is 5.94. The molecule has 0 bridgehead atoms. The molecule has 0 radical (unpaired) electrons. The van der Waals surface area contributed by atoms with Gasteiger partial charge in [0.15, 0.2) is 11.5 Å². The van der Waals surface area contributed by atoms with E-state index in [4.69, 9.17) is 0 Å². The Morgan fingerprint density at radius 2 is 1.42 bits per heavy atom. The van der Waals surface area contributed by atoms with Gasteiger partial charge in [-0.2, -0.15) is 0 Å². The van der Waals surface area contributed by atoms with Crippen molar-refractivity contribution in [3.63, 3.8) is 0 Å². The summed E-state index contributed by atoms with van der Waals surface area (Å²) in [5.41, 5.74) is 5.19. The summed E-state index contributed by atoms with van der Waals surface area (Å²) in [4.78, 5) is 25.5. The van der Waals surface area contributed by atoms with Crippen LogP contribution in [0, 0.1) is 0 Å². The lowest BCUT2D eigenvalue weighted by molar-refractivity contribution is 0.602. The molecule has 5 aromatic heterocycles. The Balaban J connectivity index is 0.000000127. The van der Waals surface area contributed by atoms with E-state index in [1.165, 1.54) is 0 Å². The normalized spacial score (nSPS) is 12.6. The van der Waals surface area contributed by atoms with Crippen LogP contribution in [0.1, 0.15) is 71.8 Å². The summed E-state index contributed by atoms with van der Waals surface area (Å²) in [5, 5.41) is 0. The minimum Gasteiger partial charge on any atom is -0.327 e. The molecule has 9 heteroatoms. The molecule has 6 rings (SSSR count). The van der Waals surface area contributed by atoms with E-state index in [9.17, 15) is 0 Å². The highest BCUT2D eigenvalue weighted by Gasteiger charge is 2.13. The van der Waals surface area contributed by atoms with Gasteiger partial charge in [-0.15, -0.1) is 0 Å². The molecule has 5 aromatic rings. The topological polar surface area (TPSA) is 91.6 Å². The lowest BCUT2D eigenvalue weighted by atomic mass is 10.2. The second-order valence-electron chi connectivity index (χ2n) is 9.57. The molecule has 0 saturated heterocycles. The molecule has 1 aliphatic heterocycles.